The average molecular weight is 697 g/mol. The van der Waals surface area contributed by atoms with Crippen LogP contribution in [0.2, 0.25) is 0 Å². The van der Waals surface area contributed by atoms with Crippen molar-refractivity contribution in [3.05, 3.63) is 118 Å². The first-order valence-electron chi connectivity index (χ1n) is 19.6. The third-order valence-electron chi connectivity index (χ3n) is 11.8. The molecule has 2 atom stereocenters. The Balaban J connectivity index is 1.65. The first-order chi connectivity index (χ1) is 25.1. The predicted octanol–water partition coefficient (Wildman–Crippen LogP) is 10.7. The number of fused-ring (bicyclic) bond motifs is 10. The molecule has 4 radical (unpaired) electrons. The lowest BCUT2D eigenvalue weighted by molar-refractivity contribution is 0.217. The van der Waals surface area contributed by atoms with Gasteiger partial charge in [-0.15, -0.1) is 0 Å². The van der Waals surface area contributed by atoms with Crippen LogP contribution < -0.4 is 20.4 Å². The van der Waals surface area contributed by atoms with E-state index in [0.717, 1.165) is 35.3 Å². The van der Waals surface area contributed by atoms with Gasteiger partial charge in [-0.2, -0.15) is 0 Å². The summed E-state index contributed by atoms with van der Waals surface area (Å²) in [6.45, 7) is 23.9. The molecule has 53 heavy (non-hydrogen) atoms. The summed E-state index contributed by atoms with van der Waals surface area (Å²) in [5, 5.41) is 0. The summed E-state index contributed by atoms with van der Waals surface area (Å²) in [5.41, 5.74) is 15.3. The van der Waals surface area contributed by atoms with Gasteiger partial charge in [-0.25, -0.2) is 0 Å². The van der Waals surface area contributed by atoms with Crippen LogP contribution in [0.25, 0.3) is 33.4 Å². The lowest BCUT2D eigenvalue weighted by atomic mass is 9.65. The van der Waals surface area contributed by atoms with Crippen molar-refractivity contribution in [1.29, 1.82) is 0 Å². The van der Waals surface area contributed by atoms with E-state index in [-0.39, 0.29) is 10.8 Å². The van der Waals surface area contributed by atoms with E-state index in [2.05, 4.69) is 142 Å². The Morgan fingerprint density at radius 1 is 0.566 bits per heavy atom. The van der Waals surface area contributed by atoms with Crippen molar-refractivity contribution < 1.29 is 9.47 Å². The van der Waals surface area contributed by atoms with Crippen LogP contribution in [0.4, 0.5) is 0 Å². The van der Waals surface area contributed by atoms with Gasteiger partial charge in [0, 0.05) is 0 Å². The second-order valence-corrected chi connectivity index (χ2v) is 17.8. The minimum Gasteiger partial charge on any atom is -0.489 e. The molecule has 2 nitrogen and oxygen atoms in total. The Morgan fingerprint density at radius 2 is 1.06 bits per heavy atom. The van der Waals surface area contributed by atoms with Gasteiger partial charge in [0.2, 0.25) is 0 Å². The molecule has 0 saturated heterocycles. The zero-order valence-corrected chi connectivity index (χ0v) is 33.5. The summed E-state index contributed by atoms with van der Waals surface area (Å²) in [6, 6.07) is 31.3. The highest BCUT2D eigenvalue weighted by atomic mass is 16.5. The zero-order valence-electron chi connectivity index (χ0n) is 33.5. The first kappa shape index (κ1) is 37.2. The largest absolute Gasteiger partial charge is 0.489 e. The van der Waals surface area contributed by atoms with Gasteiger partial charge in [-0.1, -0.05) is 166 Å². The molecule has 0 bridgehead atoms. The van der Waals surface area contributed by atoms with Crippen molar-refractivity contribution in [2.24, 2.45) is 11.8 Å². The maximum Gasteiger partial charge on any atom is 0.161 e. The number of hydrogen-bond donors (Lipinski definition) is 0. The van der Waals surface area contributed by atoms with Crippen molar-refractivity contribution in [1.82, 2.24) is 0 Å². The van der Waals surface area contributed by atoms with Gasteiger partial charge in [0.25, 0.3) is 0 Å². The quantitative estimate of drug-likeness (QED) is 0.140. The highest BCUT2D eigenvalue weighted by Gasteiger charge is 2.54. The predicted molar refractivity (Wildman–Crippen MR) is 226 cm³/mol. The van der Waals surface area contributed by atoms with E-state index in [0.29, 0.717) is 25.0 Å². The third-order valence-corrected chi connectivity index (χ3v) is 11.8. The molecule has 1 spiro atoms. The van der Waals surface area contributed by atoms with E-state index in [1.807, 2.05) is 12.1 Å². The summed E-state index contributed by atoms with van der Waals surface area (Å²) in [5.74, 6) is 2.40. The molecule has 0 saturated carbocycles. The number of benzene rings is 5. The van der Waals surface area contributed by atoms with Crippen molar-refractivity contribution in [3.8, 4) is 44.9 Å². The van der Waals surface area contributed by atoms with Gasteiger partial charge in [0.1, 0.15) is 15.7 Å². The molecule has 5 aromatic rings. The van der Waals surface area contributed by atoms with Gasteiger partial charge < -0.3 is 9.47 Å². The van der Waals surface area contributed by atoms with Crippen LogP contribution in [0.5, 0.6) is 11.5 Å². The fourth-order valence-electron chi connectivity index (χ4n) is 8.34. The Morgan fingerprint density at radius 3 is 1.55 bits per heavy atom. The smallest absolute Gasteiger partial charge is 0.161 e. The molecular formula is C49H54B2O2. The molecule has 0 amide bonds. The highest BCUT2D eigenvalue weighted by molar-refractivity contribution is 6.33. The molecule has 0 heterocycles. The SMILES string of the molecule is [B]c1ccc2c(c1)C1(c3cc([B])ccc3-2)c2cc(OCC(C)CC)c(OCC(C)CC)cc2-c2c(-c3ccc(C(C)(C)C)cc3)ccc(C(C)(C)C)c21. The molecule has 4 heteroatoms. The molecular weight excluding hydrogens is 642 g/mol. The molecule has 0 aromatic heterocycles. The highest BCUT2D eigenvalue weighted by Crippen LogP contribution is 2.66. The first-order valence-corrected chi connectivity index (χ1v) is 19.6. The standard InChI is InChI=1S/C49H54B2O2/c1-11-29(3)27-52-43-25-38-42(26-44(43)53-28-30(4)12-2)49(40-23-33(50)17-19-36(40)37-20-18-34(51)24-41(37)49)46-39(48(8,9)10)22-21-35(45(38)46)31-13-15-32(16-14-31)47(5,6)7/h13-26,29-30H,11-12,27-28H2,1-10H3. The Kier molecular flexibility index (Phi) is 9.53. The van der Waals surface area contributed by atoms with Crippen molar-refractivity contribution >= 4 is 26.6 Å². The van der Waals surface area contributed by atoms with Crippen LogP contribution in [-0.2, 0) is 16.2 Å². The minimum absolute atomic E-state index is 0.0535. The third kappa shape index (κ3) is 6.25. The molecule has 2 unspecified atom stereocenters. The summed E-state index contributed by atoms with van der Waals surface area (Å²) < 4.78 is 13.5. The van der Waals surface area contributed by atoms with Crippen LogP contribution >= 0.6 is 0 Å². The van der Waals surface area contributed by atoms with E-state index in [4.69, 9.17) is 25.2 Å². The lowest BCUT2D eigenvalue weighted by Crippen LogP contribution is -2.31. The molecule has 268 valence electrons. The molecule has 0 fully saturated rings. The van der Waals surface area contributed by atoms with Gasteiger partial charge in [0.15, 0.2) is 11.5 Å². The maximum absolute atomic E-state index is 6.79. The van der Waals surface area contributed by atoms with Crippen LogP contribution in [0, 0.1) is 11.8 Å². The van der Waals surface area contributed by atoms with E-state index in [1.54, 1.807) is 0 Å². The van der Waals surface area contributed by atoms with Crippen molar-refractivity contribution in [2.45, 2.75) is 98.3 Å². The fraction of sp³-hybridized carbons (Fsp3) is 0.388. The number of rotatable bonds is 9. The average Bonchev–Trinajstić information content (AvgIpc) is 3.57. The lowest BCUT2D eigenvalue weighted by Gasteiger charge is -2.36. The van der Waals surface area contributed by atoms with Gasteiger partial charge in [-0.3, -0.25) is 0 Å². The van der Waals surface area contributed by atoms with Crippen LogP contribution in [0.1, 0.15) is 115 Å². The van der Waals surface area contributed by atoms with Crippen LogP contribution in [-0.4, -0.2) is 28.9 Å². The second kappa shape index (κ2) is 13.6. The zero-order chi connectivity index (χ0) is 38.0. The number of ether oxygens (including phenoxy) is 2. The minimum atomic E-state index is -0.687. The van der Waals surface area contributed by atoms with E-state index in [9.17, 15) is 0 Å². The maximum atomic E-state index is 6.79. The van der Waals surface area contributed by atoms with Gasteiger partial charge >= 0.3 is 0 Å². The van der Waals surface area contributed by atoms with Crippen molar-refractivity contribution in [2.75, 3.05) is 13.2 Å². The van der Waals surface area contributed by atoms with E-state index < -0.39 is 5.41 Å². The summed E-state index contributed by atoms with van der Waals surface area (Å²) in [7, 11) is 13.5. The van der Waals surface area contributed by atoms with Crippen LogP contribution in [0.15, 0.2) is 84.9 Å². The number of hydrogen-bond acceptors (Lipinski definition) is 2. The van der Waals surface area contributed by atoms with Crippen molar-refractivity contribution in [3.63, 3.8) is 0 Å². The summed E-state index contributed by atoms with van der Waals surface area (Å²) >= 11 is 0. The molecule has 7 rings (SSSR count). The Bertz CT molecular complexity index is 2130. The topological polar surface area (TPSA) is 18.5 Å². The molecule has 0 aliphatic heterocycles. The van der Waals surface area contributed by atoms with E-state index >= 15 is 0 Å². The Labute approximate surface area is 321 Å². The Hall–Kier alpha value is -4.17. The molecule has 5 aromatic carbocycles. The fourth-order valence-corrected chi connectivity index (χ4v) is 8.34. The molecule has 2 aliphatic carbocycles. The monoisotopic (exact) mass is 696 g/mol. The molecule has 2 aliphatic rings. The van der Waals surface area contributed by atoms with Gasteiger partial charge in [0.05, 0.1) is 18.6 Å². The normalized spacial score (nSPS) is 15.1. The summed E-state index contributed by atoms with van der Waals surface area (Å²) in [4.78, 5) is 0. The molecule has 0 N–H and O–H groups in total. The summed E-state index contributed by atoms with van der Waals surface area (Å²) in [6.07, 6.45) is 2.08. The van der Waals surface area contributed by atoms with Crippen LogP contribution in [0.3, 0.4) is 0 Å². The second-order valence-electron chi connectivity index (χ2n) is 17.8. The van der Waals surface area contributed by atoms with Gasteiger partial charge in [-0.05, 0) is 102 Å². The van der Waals surface area contributed by atoms with E-state index in [1.165, 1.54) is 66.8 Å².